The van der Waals surface area contributed by atoms with E-state index < -0.39 is 54.6 Å². The number of rotatable bonds is 48. The van der Waals surface area contributed by atoms with Gasteiger partial charge in [-0.25, -0.2) is 4.79 Å². The molecule has 72 heavy (non-hydrogen) atoms. The zero-order chi connectivity index (χ0) is 54.2. The van der Waals surface area contributed by atoms with E-state index in [1.165, 1.54) is 51.4 Å². The molecule has 0 heterocycles. The molecule has 422 valence electrons. The number of methoxy groups -OCH3 is 2. The first-order valence-corrected chi connectivity index (χ1v) is 27.4. The average molecular weight is 1030 g/mol. The van der Waals surface area contributed by atoms with Crippen LogP contribution in [0.5, 0.6) is 0 Å². The number of hydrogen-bond donors (Lipinski definition) is 1. The Labute approximate surface area is 435 Å². The molecule has 1 amide bonds. The molecule has 1 atom stereocenters. The number of unbranched alkanes of at least 4 members (excludes halogenated alkanes) is 20. The second-order valence-electron chi connectivity index (χ2n) is 18.3. The summed E-state index contributed by atoms with van der Waals surface area (Å²) in [6.45, 7) is 8.84. The maximum Gasteiger partial charge on any atom is 0.351 e. The first-order valence-electron chi connectivity index (χ1n) is 27.4. The van der Waals surface area contributed by atoms with Crippen LogP contribution in [0.1, 0.15) is 220 Å². The van der Waals surface area contributed by atoms with Crippen LogP contribution in [0.25, 0.3) is 0 Å². The molecule has 1 N–H and O–H groups in total. The van der Waals surface area contributed by atoms with E-state index in [9.17, 15) is 38.4 Å². The minimum Gasteiger partial charge on any atom is -0.466 e. The molecule has 0 saturated heterocycles. The number of esters is 5. The third-order valence-electron chi connectivity index (χ3n) is 11.1. The van der Waals surface area contributed by atoms with Crippen LogP contribution in [-0.2, 0) is 71.5 Å². The van der Waals surface area contributed by atoms with Gasteiger partial charge in [0, 0.05) is 66.2 Å². The fraction of sp³-hybridized carbons (Fsp3) is 0.855. The number of carbonyl (C=O) groups is 8. The molecule has 0 bridgehead atoms. The molecule has 0 spiro atoms. The van der Waals surface area contributed by atoms with Gasteiger partial charge in [0.1, 0.15) is 12.6 Å². The summed E-state index contributed by atoms with van der Waals surface area (Å²) in [5.74, 6) is -4.42. The first kappa shape index (κ1) is 72.3. The summed E-state index contributed by atoms with van der Waals surface area (Å²) in [6.07, 6.45) is 24.9. The molecular weight excluding hydrogens is 929 g/mol. The zero-order valence-electron chi connectivity index (χ0n) is 46.3. The van der Waals surface area contributed by atoms with E-state index in [4.69, 9.17) is 33.2 Å². The predicted octanol–water partition coefficient (Wildman–Crippen LogP) is 9.94. The lowest BCUT2D eigenvalue weighted by atomic mass is 9.94. The lowest BCUT2D eigenvalue weighted by molar-refractivity contribution is -0.191. The van der Waals surface area contributed by atoms with Crippen LogP contribution in [0.3, 0.4) is 0 Å². The summed E-state index contributed by atoms with van der Waals surface area (Å²) >= 11 is 0. The summed E-state index contributed by atoms with van der Waals surface area (Å²) in [5.41, 5.74) is -2.38. The van der Waals surface area contributed by atoms with E-state index >= 15 is 0 Å². The fourth-order valence-electron chi connectivity index (χ4n) is 6.77. The summed E-state index contributed by atoms with van der Waals surface area (Å²) < 4.78 is 37.3. The number of hydrogen-bond acceptors (Lipinski definition) is 16. The van der Waals surface area contributed by atoms with Gasteiger partial charge in [0.05, 0.1) is 45.7 Å². The minimum absolute atomic E-state index is 0.0121. The third-order valence-corrected chi connectivity index (χ3v) is 11.1. The van der Waals surface area contributed by atoms with Crippen molar-refractivity contribution in [2.75, 3.05) is 81.0 Å². The fourth-order valence-corrected chi connectivity index (χ4v) is 6.77. The molecular formula is C55H102N2O15. The van der Waals surface area contributed by atoms with Crippen LogP contribution < -0.4 is 5.32 Å². The van der Waals surface area contributed by atoms with Crippen LogP contribution in [0.2, 0.25) is 0 Å². The molecule has 17 heteroatoms. The molecule has 17 nitrogen and oxygen atoms in total. The van der Waals surface area contributed by atoms with Gasteiger partial charge < -0.3 is 53.0 Å². The summed E-state index contributed by atoms with van der Waals surface area (Å²) in [6, 6.07) is 0. The highest BCUT2D eigenvalue weighted by Crippen LogP contribution is 2.27. The van der Waals surface area contributed by atoms with E-state index in [-0.39, 0.29) is 38.8 Å². The largest absolute Gasteiger partial charge is 0.466 e. The lowest BCUT2D eigenvalue weighted by Gasteiger charge is -2.30. The minimum atomic E-state index is -2.38. The number of ether oxygens (including phenoxy) is 7. The number of amides is 1. The highest BCUT2D eigenvalue weighted by atomic mass is 16.6. The quantitative estimate of drug-likeness (QED) is 0.0260. The van der Waals surface area contributed by atoms with Crippen molar-refractivity contribution in [2.24, 2.45) is 0 Å². The highest BCUT2D eigenvalue weighted by molar-refractivity contribution is 5.93. The van der Waals surface area contributed by atoms with Crippen molar-refractivity contribution >= 4 is 48.3 Å². The van der Waals surface area contributed by atoms with Crippen molar-refractivity contribution in [1.82, 2.24) is 10.2 Å². The van der Waals surface area contributed by atoms with Crippen molar-refractivity contribution in [3.63, 3.8) is 0 Å². The second kappa shape index (κ2) is 56.3. The van der Waals surface area contributed by atoms with Gasteiger partial charge in [0.2, 0.25) is 11.5 Å². The number of aldehydes is 2. The van der Waals surface area contributed by atoms with E-state index in [1.54, 1.807) is 14.2 Å². The Bertz CT molecular complexity index is 1310. The van der Waals surface area contributed by atoms with E-state index in [0.717, 1.165) is 89.6 Å². The maximum absolute atomic E-state index is 13.7. The van der Waals surface area contributed by atoms with E-state index in [0.29, 0.717) is 71.2 Å². The van der Waals surface area contributed by atoms with Crippen molar-refractivity contribution in [3.05, 3.63) is 0 Å². The Kier molecular flexibility index (Phi) is 56.6. The Morgan fingerprint density at radius 2 is 0.833 bits per heavy atom. The van der Waals surface area contributed by atoms with Gasteiger partial charge >= 0.3 is 29.8 Å². The number of nitrogens with one attached hydrogen (secondary N) is 1. The number of likely N-dealkylation sites (N-methyl/N-ethyl adjacent to an activating group) is 1. The van der Waals surface area contributed by atoms with Crippen molar-refractivity contribution in [1.29, 1.82) is 0 Å². The smallest absolute Gasteiger partial charge is 0.351 e. The molecule has 0 aliphatic carbocycles. The van der Waals surface area contributed by atoms with Crippen LogP contribution in [-0.4, -0.2) is 140 Å². The zero-order valence-corrected chi connectivity index (χ0v) is 46.3. The Morgan fingerprint density at radius 1 is 0.444 bits per heavy atom. The summed E-state index contributed by atoms with van der Waals surface area (Å²) in [4.78, 5) is 99.0. The number of nitrogens with zero attached hydrogens (tertiary/aromatic N) is 1. The molecule has 0 aromatic rings. The van der Waals surface area contributed by atoms with E-state index in [1.807, 2.05) is 19.0 Å². The van der Waals surface area contributed by atoms with Crippen LogP contribution in [0.4, 0.5) is 0 Å². The molecule has 0 aromatic heterocycles. The maximum atomic E-state index is 13.7. The van der Waals surface area contributed by atoms with Gasteiger partial charge in [0.25, 0.3) is 0 Å². The highest BCUT2D eigenvalue weighted by Gasteiger charge is 2.49. The first-order chi connectivity index (χ1) is 34.8. The average Bonchev–Trinajstić information content (AvgIpc) is 3.35. The SMILES string of the molecule is CCCCCCCC(=O)OCCCCCOC(=O)CC(CC(=O)OCCCCCOC)(OC(=O)CCC(=O)NCCN(C)C)C(=O)OCCCCCOC.CCCCCCCC=O.CCCCCCCC=O. The Morgan fingerprint density at radius 3 is 1.25 bits per heavy atom. The van der Waals surface area contributed by atoms with Crippen LogP contribution >= 0.6 is 0 Å². The molecule has 0 rings (SSSR count). The lowest BCUT2D eigenvalue weighted by Crippen LogP contribution is -2.49. The Hall–Kier alpha value is -3.96. The topological polar surface area (TPSA) is 216 Å². The van der Waals surface area contributed by atoms with Gasteiger partial charge in [-0.1, -0.05) is 97.8 Å². The van der Waals surface area contributed by atoms with Gasteiger partial charge in [-0.15, -0.1) is 0 Å². The Balaban J connectivity index is -0.00000221. The molecule has 0 aromatic carbocycles. The van der Waals surface area contributed by atoms with E-state index in [2.05, 4.69) is 26.1 Å². The molecule has 0 aliphatic rings. The van der Waals surface area contributed by atoms with Crippen molar-refractivity contribution in [3.8, 4) is 0 Å². The van der Waals surface area contributed by atoms with Gasteiger partial charge in [-0.05, 0) is 91.1 Å². The molecule has 0 aliphatic heterocycles. The normalized spacial score (nSPS) is 11.4. The number of carbonyl (C=O) groups excluding carboxylic acids is 8. The van der Waals surface area contributed by atoms with Gasteiger partial charge in [-0.3, -0.25) is 24.0 Å². The predicted molar refractivity (Wildman–Crippen MR) is 280 cm³/mol. The molecule has 0 fully saturated rings. The monoisotopic (exact) mass is 1030 g/mol. The molecule has 0 radical (unpaired) electrons. The second-order valence-corrected chi connectivity index (χ2v) is 18.3. The molecule has 0 saturated carbocycles. The summed E-state index contributed by atoms with van der Waals surface area (Å²) in [5, 5.41) is 2.70. The third kappa shape index (κ3) is 52.4. The standard InChI is InChI=1S/C39H70N2O13.2C8H16O/c1-6-7-8-9-13-20-34(43)50-27-17-12-18-29-52-37(46)32-39(38(47)53-30-19-11-15-26-49-5,31-36(45)51-28-16-10-14-25-48-4)54-35(44)22-21-33(42)40-23-24-41(2)3;2*1-2-3-4-5-6-7-8-9/h6-32H2,1-5H3,(H,40,42);2*8H,2-7H2,1H3. The van der Waals surface area contributed by atoms with Gasteiger partial charge in [-0.2, -0.15) is 0 Å². The van der Waals surface area contributed by atoms with Crippen molar-refractivity contribution in [2.45, 2.75) is 225 Å². The molecule has 1 unspecified atom stereocenters. The van der Waals surface area contributed by atoms with Crippen molar-refractivity contribution < 1.29 is 71.5 Å². The van der Waals surface area contributed by atoms with Crippen LogP contribution in [0, 0.1) is 0 Å². The summed E-state index contributed by atoms with van der Waals surface area (Å²) in [7, 11) is 6.90. The van der Waals surface area contributed by atoms with Crippen LogP contribution in [0.15, 0.2) is 0 Å². The van der Waals surface area contributed by atoms with Gasteiger partial charge in [0.15, 0.2) is 0 Å².